The van der Waals surface area contributed by atoms with E-state index in [-0.39, 0.29) is 25.6 Å². The van der Waals surface area contributed by atoms with E-state index in [9.17, 15) is 19.4 Å². The van der Waals surface area contributed by atoms with Crippen molar-refractivity contribution < 1.29 is 43.0 Å². The quantitative estimate of drug-likeness (QED) is 0.0236. The highest BCUT2D eigenvalue weighted by Crippen LogP contribution is 2.43. The van der Waals surface area contributed by atoms with Gasteiger partial charge in [-0.3, -0.25) is 13.8 Å². The van der Waals surface area contributed by atoms with Crippen molar-refractivity contribution in [1.29, 1.82) is 0 Å². The van der Waals surface area contributed by atoms with Crippen LogP contribution in [-0.2, 0) is 27.9 Å². The fraction of sp³-hybridized carbons (Fsp3) is 0.902. The minimum absolute atomic E-state index is 0.0526. The lowest BCUT2D eigenvalue weighted by Gasteiger charge is -2.20. The molecular formula is C51H99O9P. The largest absolute Gasteiger partial charge is 0.472 e. The summed E-state index contributed by atoms with van der Waals surface area (Å²) < 4.78 is 33.5. The molecule has 0 spiro atoms. The van der Waals surface area contributed by atoms with Crippen LogP contribution < -0.4 is 0 Å². The summed E-state index contributed by atoms with van der Waals surface area (Å²) in [5.41, 5.74) is 0. The molecule has 0 aliphatic heterocycles. The maximum absolute atomic E-state index is 12.7. The second-order valence-corrected chi connectivity index (χ2v) is 19.0. The molecule has 0 heterocycles. The monoisotopic (exact) mass is 887 g/mol. The summed E-state index contributed by atoms with van der Waals surface area (Å²) in [6.45, 7) is 3.55. The van der Waals surface area contributed by atoms with Gasteiger partial charge in [-0.15, -0.1) is 0 Å². The number of phosphoric acid groups is 1. The van der Waals surface area contributed by atoms with Crippen LogP contribution in [0.5, 0.6) is 0 Å². The van der Waals surface area contributed by atoms with Gasteiger partial charge >= 0.3 is 13.8 Å². The molecule has 0 aromatic rings. The Hall–Kier alpha value is -1.06. The van der Waals surface area contributed by atoms with Gasteiger partial charge in [-0.05, 0) is 44.9 Å². The number of ether oxygens (including phenoxy) is 2. The summed E-state index contributed by atoms with van der Waals surface area (Å²) in [6, 6.07) is 0. The van der Waals surface area contributed by atoms with E-state index in [0.717, 1.165) is 38.5 Å². The van der Waals surface area contributed by atoms with Crippen molar-refractivity contribution in [1.82, 2.24) is 0 Å². The van der Waals surface area contributed by atoms with Gasteiger partial charge in [0, 0.05) is 13.0 Å². The highest BCUT2D eigenvalue weighted by atomic mass is 31.2. The van der Waals surface area contributed by atoms with Gasteiger partial charge in [0.15, 0.2) is 0 Å². The third kappa shape index (κ3) is 48.2. The van der Waals surface area contributed by atoms with Crippen molar-refractivity contribution in [2.45, 2.75) is 264 Å². The van der Waals surface area contributed by atoms with Crippen molar-refractivity contribution in [3.05, 3.63) is 24.3 Å². The Bertz CT molecular complexity index is 1010. The predicted octanol–water partition coefficient (Wildman–Crippen LogP) is 15.0. The molecule has 362 valence electrons. The van der Waals surface area contributed by atoms with Crippen molar-refractivity contribution in [2.24, 2.45) is 0 Å². The van der Waals surface area contributed by atoms with E-state index in [1.807, 2.05) is 0 Å². The third-order valence-corrected chi connectivity index (χ3v) is 12.3. The fourth-order valence-corrected chi connectivity index (χ4v) is 8.24. The van der Waals surface area contributed by atoms with Crippen LogP contribution >= 0.6 is 7.82 Å². The van der Waals surface area contributed by atoms with Gasteiger partial charge in [0.1, 0.15) is 12.2 Å². The van der Waals surface area contributed by atoms with Crippen LogP contribution in [0.3, 0.4) is 0 Å². The number of rotatable bonds is 50. The van der Waals surface area contributed by atoms with E-state index < -0.39 is 33.2 Å². The summed E-state index contributed by atoms with van der Waals surface area (Å²) in [7, 11) is -4.52. The van der Waals surface area contributed by atoms with E-state index >= 15 is 0 Å². The van der Waals surface area contributed by atoms with E-state index in [4.69, 9.17) is 23.6 Å². The van der Waals surface area contributed by atoms with Crippen molar-refractivity contribution >= 4 is 13.8 Å². The second kappa shape index (κ2) is 48.4. The van der Waals surface area contributed by atoms with Crippen molar-refractivity contribution in [3.63, 3.8) is 0 Å². The highest BCUT2D eigenvalue weighted by molar-refractivity contribution is 7.47. The molecule has 0 aromatic heterocycles. The third-order valence-electron chi connectivity index (χ3n) is 11.4. The first-order valence-corrected chi connectivity index (χ1v) is 27.3. The number of aliphatic hydroxyl groups excluding tert-OH is 2. The van der Waals surface area contributed by atoms with Crippen LogP contribution in [0.15, 0.2) is 24.3 Å². The van der Waals surface area contributed by atoms with Crippen molar-refractivity contribution in [3.8, 4) is 0 Å². The molecule has 61 heavy (non-hydrogen) atoms. The van der Waals surface area contributed by atoms with Crippen LogP contribution in [0.1, 0.15) is 251 Å². The van der Waals surface area contributed by atoms with E-state index in [0.29, 0.717) is 6.61 Å². The minimum atomic E-state index is -4.52. The standard InChI is InChI=1S/C51H99O9P/c1-3-5-7-9-11-13-15-17-19-21-23-24-26-28-30-32-34-36-38-40-42-44-57-47-50(48-59-61(55,56)58-46-49(53)45-52)60-51(54)43-41-39-37-35-33-31-29-27-25-22-20-18-16-14-12-10-8-6-4-2/h12,14,18,20,49-50,52-53H,3-11,13,15-17,19,21-48H2,1-2H3,(H,55,56)/b14-12-,20-18-. The lowest BCUT2D eigenvalue weighted by molar-refractivity contribution is -0.154. The maximum Gasteiger partial charge on any atom is 0.472 e. The van der Waals surface area contributed by atoms with E-state index in [1.54, 1.807) is 0 Å². The zero-order chi connectivity index (χ0) is 44.6. The maximum atomic E-state index is 12.7. The van der Waals surface area contributed by atoms with Gasteiger partial charge in [0.2, 0.25) is 0 Å². The molecule has 0 aliphatic rings. The number of phosphoric ester groups is 1. The Morgan fingerprint density at radius 3 is 1.34 bits per heavy atom. The lowest BCUT2D eigenvalue weighted by atomic mass is 10.0. The molecule has 0 rings (SSSR count). The van der Waals surface area contributed by atoms with Crippen LogP contribution in [-0.4, -0.2) is 66.3 Å². The molecule has 0 bridgehead atoms. The van der Waals surface area contributed by atoms with Gasteiger partial charge in [0.05, 0.1) is 26.4 Å². The molecule has 3 atom stereocenters. The van der Waals surface area contributed by atoms with Crippen molar-refractivity contribution in [2.75, 3.05) is 33.0 Å². The number of hydrogen-bond acceptors (Lipinski definition) is 8. The molecule has 0 aliphatic carbocycles. The zero-order valence-electron chi connectivity index (χ0n) is 39.9. The summed E-state index contributed by atoms with van der Waals surface area (Å²) in [5.74, 6) is -0.382. The number of unbranched alkanes of at least 4 members (excludes halogenated alkanes) is 32. The molecule has 0 aromatic carbocycles. The van der Waals surface area contributed by atoms with E-state index in [1.165, 1.54) is 193 Å². The summed E-state index contributed by atoms with van der Waals surface area (Å²) in [6.07, 6.45) is 52.8. The summed E-state index contributed by atoms with van der Waals surface area (Å²) in [5, 5.41) is 18.4. The number of hydrogen-bond donors (Lipinski definition) is 3. The Kier molecular flexibility index (Phi) is 47.6. The number of aliphatic hydroxyl groups is 2. The Balaban J connectivity index is 4.04. The van der Waals surface area contributed by atoms with E-state index in [2.05, 4.69) is 38.2 Å². The van der Waals surface area contributed by atoms with Gasteiger partial charge in [0.25, 0.3) is 0 Å². The number of allylic oxidation sites excluding steroid dienone is 4. The Labute approximate surface area is 376 Å². The molecule has 0 fully saturated rings. The minimum Gasteiger partial charge on any atom is -0.457 e. The Morgan fingerprint density at radius 1 is 0.508 bits per heavy atom. The van der Waals surface area contributed by atoms with Crippen LogP contribution in [0.25, 0.3) is 0 Å². The number of esters is 1. The van der Waals surface area contributed by atoms with Gasteiger partial charge in [-0.2, -0.15) is 0 Å². The normalized spacial score (nSPS) is 14.0. The van der Waals surface area contributed by atoms with Crippen LogP contribution in [0.4, 0.5) is 0 Å². The Morgan fingerprint density at radius 2 is 0.885 bits per heavy atom. The highest BCUT2D eigenvalue weighted by Gasteiger charge is 2.26. The summed E-state index contributed by atoms with van der Waals surface area (Å²) >= 11 is 0. The molecule has 10 heteroatoms. The SMILES string of the molecule is CCCCC/C=C\C/C=C\CCCCCCCCCCCC(=O)OC(COCCCCCCCCCCCCCCCCCCCCCCC)COP(=O)(O)OCC(O)CO. The molecule has 0 saturated heterocycles. The molecule has 3 unspecified atom stereocenters. The zero-order valence-corrected chi connectivity index (χ0v) is 40.8. The van der Waals surface area contributed by atoms with Gasteiger partial charge < -0.3 is 24.6 Å². The molecule has 9 nitrogen and oxygen atoms in total. The van der Waals surface area contributed by atoms with Gasteiger partial charge in [-0.1, -0.05) is 224 Å². The lowest BCUT2D eigenvalue weighted by Crippen LogP contribution is -2.29. The average Bonchev–Trinajstić information content (AvgIpc) is 3.25. The molecule has 0 amide bonds. The smallest absolute Gasteiger partial charge is 0.457 e. The number of carbonyl (C=O) groups is 1. The summed E-state index contributed by atoms with van der Waals surface area (Å²) in [4.78, 5) is 22.7. The van der Waals surface area contributed by atoms with Gasteiger partial charge in [-0.25, -0.2) is 4.57 Å². The average molecular weight is 887 g/mol. The number of carbonyl (C=O) groups excluding carboxylic acids is 1. The van der Waals surface area contributed by atoms with Crippen LogP contribution in [0.2, 0.25) is 0 Å². The fourth-order valence-electron chi connectivity index (χ4n) is 7.45. The molecule has 0 radical (unpaired) electrons. The predicted molar refractivity (Wildman–Crippen MR) is 256 cm³/mol. The first-order valence-electron chi connectivity index (χ1n) is 25.8. The first kappa shape index (κ1) is 59.9. The molecule has 3 N–H and O–H groups in total. The molecule has 0 saturated carbocycles. The second-order valence-electron chi connectivity index (χ2n) is 17.5. The first-order chi connectivity index (χ1) is 29.8. The van der Waals surface area contributed by atoms with Crippen LogP contribution in [0, 0.1) is 0 Å². The topological polar surface area (TPSA) is 132 Å². The molecular weight excluding hydrogens is 788 g/mol.